The molecule has 0 aliphatic carbocycles. The fraction of sp³-hybridized carbons (Fsp3) is 0.0455. The van der Waals surface area contributed by atoms with Crippen molar-refractivity contribution in [2.75, 3.05) is 4.90 Å². The number of carbonyl (C=O) groups excluding carboxylic acids is 1. The summed E-state index contributed by atoms with van der Waals surface area (Å²) in [5, 5.41) is 11.4. The number of non-ortho nitro benzene ring substituents is 1. The van der Waals surface area contributed by atoms with Gasteiger partial charge in [0.15, 0.2) is 5.43 Å². The molecular formula is C22H11ClFN3O5. The molecule has 0 bridgehead atoms. The number of nitro benzene ring substituents is 1. The van der Waals surface area contributed by atoms with Crippen molar-refractivity contribution in [3.8, 4) is 0 Å². The number of pyridine rings is 1. The largest absolute Gasteiger partial charge is 0.450 e. The lowest BCUT2D eigenvalue weighted by molar-refractivity contribution is -0.384. The van der Waals surface area contributed by atoms with Crippen molar-refractivity contribution in [3.05, 3.63) is 109 Å². The molecule has 0 unspecified atom stereocenters. The SMILES string of the molecule is O=C1c2oc3ccc(F)cc3c(=O)c2[C@H](c2ccc([N+](=O)[O-])cc2)N1c1ccc(Cl)cn1. The summed E-state index contributed by atoms with van der Waals surface area (Å²) >= 11 is 5.92. The Morgan fingerprint density at radius 1 is 1.09 bits per heavy atom. The van der Waals surface area contributed by atoms with Crippen LogP contribution in [0.15, 0.2) is 70.0 Å². The van der Waals surface area contributed by atoms with Gasteiger partial charge in [0.25, 0.3) is 11.6 Å². The monoisotopic (exact) mass is 451 g/mol. The van der Waals surface area contributed by atoms with Gasteiger partial charge < -0.3 is 4.42 Å². The first-order valence-electron chi connectivity index (χ1n) is 9.31. The summed E-state index contributed by atoms with van der Waals surface area (Å²) in [5.74, 6) is -1.25. The lowest BCUT2D eigenvalue weighted by Gasteiger charge is -2.24. The van der Waals surface area contributed by atoms with Crippen LogP contribution < -0.4 is 10.3 Å². The molecule has 1 amide bonds. The highest BCUT2D eigenvalue weighted by molar-refractivity contribution is 6.30. The molecular weight excluding hydrogens is 441 g/mol. The van der Waals surface area contributed by atoms with Gasteiger partial charge in [-0.3, -0.25) is 24.6 Å². The summed E-state index contributed by atoms with van der Waals surface area (Å²) in [7, 11) is 0. The summed E-state index contributed by atoms with van der Waals surface area (Å²) in [4.78, 5) is 42.6. The summed E-state index contributed by atoms with van der Waals surface area (Å²) in [5.41, 5.74) is -0.242. The standard InChI is InChI=1S/C22H11ClFN3O5/c23-12-3-8-17(25-10-12)26-19(11-1-5-14(6-2-11)27(30)31)18-20(28)15-9-13(24)4-7-16(15)32-21(18)22(26)29/h1-10,19H/t19-/m0/s1. The van der Waals surface area contributed by atoms with Crippen molar-refractivity contribution in [3.63, 3.8) is 0 Å². The Kier molecular flexibility index (Phi) is 4.49. The Morgan fingerprint density at radius 3 is 2.50 bits per heavy atom. The Morgan fingerprint density at radius 2 is 1.84 bits per heavy atom. The minimum Gasteiger partial charge on any atom is -0.450 e. The first-order valence-corrected chi connectivity index (χ1v) is 9.68. The quantitative estimate of drug-likeness (QED) is 0.332. The van der Waals surface area contributed by atoms with Crippen molar-refractivity contribution in [1.29, 1.82) is 0 Å². The van der Waals surface area contributed by atoms with Gasteiger partial charge in [0, 0.05) is 18.3 Å². The minimum absolute atomic E-state index is 0.00120. The molecule has 0 radical (unpaired) electrons. The van der Waals surface area contributed by atoms with Crippen LogP contribution in [0.25, 0.3) is 11.0 Å². The van der Waals surface area contributed by atoms with Crippen molar-refractivity contribution in [2.45, 2.75) is 6.04 Å². The number of anilines is 1. The van der Waals surface area contributed by atoms with E-state index in [1.165, 1.54) is 53.6 Å². The Bertz CT molecular complexity index is 1470. The molecule has 2 aromatic carbocycles. The average molecular weight is 452 g/mol. The first kappa shape index (κ1) is 19.8. The molecule has 8 nitrogen and oxygen atoms in total. The zero-order valence-corrected chi connectivity index (χ0v) is 16.7. The van der Waals surface area contributed by atoms with E-state index in [0.29, 0.717) is 10.6 Å². The number of nitro groups is 1. The Labute approximate surface area is 183 Å². The fourth-order valence-corrected chi connectivity index (χ4v) is 3.90. The molecule has 0 spiro atoms. The highest BCUT2D eigenvalue weighted by Gasteiger charge is 2.44. The topological polar surface area (TPSA) is 107 Å². The zero-order chi connectivity index (χ0) is 22.6. The highest BCUT2D eigenvalue weighted by atomic mass is 35.5. The van der Waals surface area contributed by atoms with Gasteiger partial charge in [0.05, 0.1) is 26.9 Å². The summed E-state index contributed by atoms with van der Waals surface area (Å²) in [6.07, 6.45) is 1.35. The number of benzene rings is 2. The molecule has 2 aromatic heterocycles. The molecule has 1 aliphatic heterocycles. The maximum Gasteiger partial charge on any atom is 0.296 e. The van der Waals surface area contributed by atoms with Crippen molar-refractivity contribution >= 4 is 40.0 Å². The van der Waals surface area contributed by atoms with E-state index < -0.39 is 28.1 Å². The summed E-state index contributed by atoms with van der Waals surface area (Å²) < 4.78 is 19.5. The second-order valence-electron chi connectivity index (χ2n) is 7.08. The molecule has 158 valence electrons. The van der Waals surface area contributed by atoms with Gasteiger partial charge in [0.2, 0.25) is 5.76 Å². The van der Waals surface area contributed by atoms with E-state index in [9.17, 15) is 24.1 Å². The summed E-state index contributed by atoms with van der Waals surface area (Å²) in [6, 6.07) is 10.9. The van der Waals surface area contributed by atoms with E-state index in [2.05, 4.69) is 4.98 Å². The summed E-state index contributed by atoms with van der Waals surface area (Å²) in [6.45, 7) is 0. The van der Waals surface area contributed by atoms with Crippen LogP contribution in [-0.4, -0.2) is 15.8 Å². The zero-order valence-electron chi connectivity index (χ0n) is 16.0. The fourth-order valence-electron chi connectivity index (χ4n) is 3.79. The molecule has 32 heavy (non-hydrogen) atoms. The number of hydrogen-bond acceptors (Lipinski definition) is 6. The lowest BCUT2D eigenvalue weighted by Crippen LogP contribution is -2.30. The van der Waals surface area contributed by atoms with E-state index in [1.807, 2.05) is 0 Å². The van der Waals surface area contributed by atoms with Gasteiger partial charge in [-0.25, -0.2) is 9.37 Å². The number of rotatable bonds is 3. The number of carbonyl (C=O) groups is 1. The average Bonchev–Trinajstić information content (AvgIpc) is 3.07. The molecule has 0 N–H and O–H groups in total. The third kappa shape index (κ3) is 3.02. The Hall–Kier alpha value is -4.11. The lowest BCUT2D eigenvalue weighted by atomic mass is 9.98. The molecule has 1 aliphatic rings. The van der Waals surface area contributed by atoms with E-state index in [4.69, 9.17) is 16.0 Å². The molecule has 0 saturated heterocycles. The molecule has 3 heterocycles. The van der Waals surface area contributed by atoms with Crippen LogP contribution >= 0.6 is 11.6 Å². The number of nitrogens with zero attached hydrogens (tertiary/aromatic N) is 3. The molecule has 5 rings (SSSR count). The smallest absolute Gasteiger partial charge is 0.296 e. The maximum absolute atomic E-state index is 13.8. The number of amides is 1. The second kappa shape index (κ2) is 7.24. The predicted molar refractivity (Wildman–Crippen MR) is 113 cm³/mol. The highest BCUT2D eigenvalue weighted by Crippen LogP contribution is 2.41. The number of hydrogen-bond donors (Lipinski definition) is 0. The van der Waals surface area contributed by atoms with Gasteiger partial charge in [-0.2, -0.15) is 0 Å². The van der Waals surface area contributed by atoms with Crippen molar-refractivity contribution in [1.82, 2.24) is 4.98 Å². The minimum atomic E-state index is -0.990. The van der Waals surface area contributed by atoms with E-state index in [1.54, 1.807) is 0 Å². The third-order valence-electron chi connectivity index (χ3n) is 5.21. The van der Waals surface area contributed by atoms with Gasteiger partial charge in [-0.15, -0.1) is 0 Å². The normalized spacial score (nSPS) is 15.2. The first-order chi connectivity index (χ1) is 15.3. The number of fused-ring (bicyclic) bond motifs is 2. The predicted octanol–water partition coefficient (Wildman–Crippen LogP) is 4.64. The van der Waals surface area contributed by atoms with Crippen LogP contribution in [-0.2, 0) is 0 Å². The molecule has 4 aromatic rings. The number of aromatic nitrogens is 1. The van der Waals surface area contributed by atoms with Crippen molar-refractivity contribution < 1.29 is 18.5 Å². The van der Waals surface area contributed by atoms with Gasteiger partial charge in [-0.1, -0.05) is 11.6 Å². The maximum atomic E-state index is 13.8. The van der Waals surface area contributed by atoms with Crippen molar-refractivity contribution in [2.24, 2.45) is 0 Å². The third-order valence-corrected chi connectivity index (χ3v) is 5.43. The van der Waals surface area contributed by atoms with Crippen LogP contribution in [0.5, 0.6) is 0 Å². The molecule has 10 heteroatoms. The number of halogens is 2. The Balaban J connectivity index is 1.78. The van der Waals surface area contributed by atoms with E-state index in [-0.39, 0.29) is 33.8 Å². The van der Waals surface area contributed by atoms with Crippen LogP contribution in [0.2, 0.25) is 5.02 Å². The van der Waals surface area contributed by atoms with Crippen LogP contribution in [0.1, 0.15) is 27.7 Å². The molecule has 0 saturated carbocycles. The molecule has 0 fully saturated rings. The van der Waals surface area contributed by atoms with Gasteiger partial charge in [-0.05, 0) is 48.0 Å². The van der Waals surface area contributed by atoms with Crippen LogP contribution in [0, 0.1) is 15.9 Å². The van der Waals surface area contributed by atoms with Crippen LogP contribution in [0.3, 0.4) is 0 Å². The van der Waals surface area contributed by atoms with Gasteiger partial charge in [0.1, 0.15) is 17.2 Å². The van der Waals surface area contributed by atoms with E-state index in [0.717, 1.165) is 12.1 Å². The van der Waals surface area contributed by atoms with E-state index >= 15 is 0 Å². The molecule has 1 atom stereocenters. The van der Waals surface area contributed by atoms with Gasteiger partial charge >= 0.3 is 0 Å². The van der Waals surface area contributed by atoms with Crippen LogP contribution in [0.4, 0.5) is 15.9 Å². The second-order valence-corrected chi connectivity index (χ2v) is 7.51.